The first-order chi connectivity index (χ1) is 45.7. The summed E-state index contributed by atoms with van der Waals surface area (Å²) in [5.41, 5.74) is 0. The first kappa shape index (κ1) is 88.1. The highest BCUT2D eigenvalue weighted by Gasteiger charge is 2.44. The predicted octanol–water partition coefficient (Wildman–Crippen LogP) is 21.4. The zero-order valence-electron chi connectivity index (χ0n) is 60.5. The summed E-state index contributed by atoms with van der Waals surface area (Å²) in [5, 5.41) is 54.5. The maximum atomic E-state index is 13.1. The van der Waals surface area contributed by atoms with Crippen LogP contribution in [-0.4, -0.2) is 100 Å². The van der Waals surface area contributed by atoms with E-state index >= 15 is 0 Å². The van der Waals surface area contributed by atoms with Gasteiger partial charge in [-0.2, -0.15) is 0 Å². The largest absolute Gasteiger partial charge is 0.466 e. The van der Waals surface area contributed by atoms with Crippen LogP contribution in [-0.2, 0) is 23.8 Å². The van der Waals surface area contributed by atoms with Gasteiger partial charge in [0.15, 0.2) is 6.29 Å². The fourth-order valence-electron chi connectivity index (χ4n) is 12.3. The Bertz CT molecular complexity index is 1780. The lowest BCUT2D eigenvalue weighted by atomic mass is 9.99. The van der Waals surface area contributed by atoms with E-state index in [9.17, 15) is 35.1 Å². The van der Waals surface area contributed by atoms with Crippen molar-refractivity contribution in [2.75, 3.05) is 19.8 Å². The molecule has 0 aliphatic carbocycles. The number of carbonyl (C=O) groups is 2. The molecule has 0 radical (unpaired) electrons. The fraction of sp³-hybridized carbons (Fsp3) is 0.829. The molecule has 1 fully saturated rings. The van der Waals surface area contributed by atoms with Crippen molar-refractivity contribution >= 4 is 11.9 Å². The topological polar surface area (TPSA) is 175 Å². The molecule has 1 heterocycles. The van der Waals surface area contributed by atoms with E-state index in [-0.39, 0.29) is 18.5 Å². The van der Waals surface area contributed by atoms with Crippen LogP contribution >= 0.6 is 0 Å². The molecule has 11 heteroatoms. The second kappa shape index (κ2) is 70.4. The molecular formula is C82H149NO10. The molecule has 1 rings (SSSR count). The van der Waals surface area contributed by atoms with E-state index in [2.05, 4.69) is 79.9 Å². The average Bonchev–Trinajstić information content (AvgIpc) is 0.981. The average molecular weight is 1310 g/mol. The summed E-state index contributed by atoms with van der Waals surface area (Å²) in [7, 11) is 0. The summed E-state index contributed by atoms with van der Waals surface area (Å²) in [6.07, 6.45) is 86.5. The van der Waals surface area contributed by atoms with E-state index in [1.165, 1.54) is 276 Å². The molecule has 0 aromatic heterocycles. The van der Waals surface area contributed by atoms with E-state index < -0.39 is 49.5 Å². The Kier molecular flexibility index (Phi) is 66.7. The van der Waals surface area contributed by atoms with E-state index in [0.717, 1.165) is 70.6 Å². The number of nitrogens with one attached hydrogen (secondary N) is 1. The van der Waals surface area contributed by atoms with Crippen molar-refractivity contribution in [2.24, 2.45) is 0 Å². The van der Waals surface area contributed by atoms with Crippen LogP contribution in [0.15, 0.2) is 72.9 Å². The number of allylic oxidation sites excluding steroid dienone is 11. The van der Waals surface area contributed by atoms with Gasteiger partial charge in [-0.15, -0.1) is 0 Å². The van der Waals surface area contributed by atoms with Gasteiger partial charge in [-0.1, -0.05) is 331 Å². The molecular weight excluding hydrogens is 1160 g/mol. The molecule has 542 valence electrons. The van der Waals surface area contributed by atoms with E-state index in [1.54, 1.807) is 6.08 Å². The molecule has 6 N–H and O–H groups in total. The Labute approximate surface area is 572 Å². The summed E-state index contributed by atoms with van der Waals surface area (Å²) in [5.74, 6) is -0.189. The van der Waals surface area contributed by atoms with Crippen molar-refractivity contribution in [3.8, 4) is 0 Å². The number of aliphatic hydroxyl groups is 5. The van der Waals surface area contributed by atoms with Gasteiger partial charge < -0.3 is 45.1 Å². The Morgan fingerprint density at radius 1 is 0.398 bits per heavy atom. The number of carbonyl (C=O) groups excluding carboxylic acids is 2. The van der Waals surface area contributed by atoms with Gasteiger partial charge in [0.25, 0.3) is 0 Å². The summed E-state index contributed by atoms with van der Waals surface area (Å²) in [6.45, 7) is 4.30. The highest BCUT2D eigenvalue weighted by Crippen LogP contribution is 2.23. The van der Waals surface area contributed by atoms with Gasteiger partial charge in [-0.05, 0) is 103 Å². The number of hydrogen-bond acceptors (Lipinski definition) is 10. The van der Waals surface area contributed by atoms with Crippen LogP contribution in [0.5, 0.6) is 0 Å². The Morgan fingerprint density at radius 2 is 0.742 bits per heavy atom. The number of rotatable bonds is 70. The molecule has 93 heavy (non-hydrogen) atoms. The second-order valence-electron chi connectivity index (χ2n) is 27.4. The maximum Gasteiger partial charge on any atom is 0.305 e. The fourth-order valence-corrected chi connectivity index (χ4v) is 12.3. The van der Waals surface area contributed by atoms with Crippen LogP contribution in [0.3, 0.4) is 0 Å². The highest BCUT2D eigenvalue weighted by atomic mass is 16.7. The minimum Gasteiger partial charge on any atom is -0.466 e. The van der Waals surface area contributed by atoms with Crippen LogP contribution in [0.4, 0.5) is 0 Å². The van der Waals surface area contributed by atoms with Gasteiger partial charge in [0.1, 0.15) is 24.4 Å². The molecule has 0 aromatic rings. The van der Waals surface area contributed by atoms with Gasteiger partial charge >= 0.3 is 5.97 Å². The number of unbranched alkanes of at least 4 members (excludes halogenated alkanes) is 46. The number of esters is 1. The highest BCUT2D eigenvalue weighted by molar-refractivity contribution is 5.76. The molecule has 1 amide bonds. The Balaban J connectivity index is 1.90. The molecule has 1 aliphatic heterocycles. The van der Waals surface area contributed by atoms with Crippen LogP contribution < -0.4 is 5.32 Å². The van der Waals surface area contributed by atoms with Gasteiger partial charge in [0.05, 0.1) is 32.0 Å². The van der Waals surface area contributed by atoms with Crippen molar-refractivity contribution in [2.45, 2.75) is 416 Å². The van der Waals surface area contributed by atoms with Crippen LogP contribution in [0.2, 0.25) is 0 Å². The standard InChI is InChI=1S/C82H149NO10/c1-3-5-7-9-11-13-15-17-46-50-54-58-62-66-70-78(87)91-71-67-63-59-55-51-47-44-42-40-38-36-34-32-30-28-26-24-22-20-18-19-21-23-25-27-29-31-33-35-37-39-41-43-45-49-53-57-61-65-69-77(86)83-74(73-92-82-81(90)80(89)79(88)76(72-84)93-82)75(85)68-64-60-56-52-48-16-14-12-10-8-6-4-2/h9,11,15,17-19,22,24,48,52,64,68,74-76,79-82,84-85,88-90H,3-8,10,12-14,16,20-21,23,25-47,49-51,53-63,65-67,69-73H2,1-2H3,(H,83,86)/b11-9-,17-15-,19-18-,24-22-,52-48+,68-64+. The third-order valence-corrected chi connectivity index (χ3v) is 18.5. The number of ether oxygens (including phenoxy) is 3. The van der Waals surface area contributed by atoms with Gasteiger partial charge in [-0.3, -0.25) is 9.59 Å². The molecule has 7 atom stereocenters. The quantitative estimate of drug-likeness (QED) is 0.0195. The zero-order chi connectivity index (χ0) is 67.2. The Hall–Kier alpha value is -2.90. The lowest BCUT2D eigenvalue weighted by Crippen LogP contribution is -2.60. The van der Waals surface area contributed by atoms with Crippen molar-refractivity contribution in [1.82, 2.24) is 5.32 Å². The smallest absolute Gasteiger partial charge is 0.305 e. The zero-order valence-corrected chi connectivity index (χ0v) is 60.5. The number of aliphatic hydroxyl groups excluding tert-OH is 5. The number of amides is 1. The van der Waals surface area contributed by atoms with Gasteiger partial charge in [0, 0.05) is 12.8 Å². The molecule has 0 saturated carbocycles. The molecule has 0 aromatic carbocycles. The lowest BCUT2D eigenvalue weighted by molar-refractivity contribution is -0.302. The van der Waals surface area contributed by atoms with Crippen LogP contribution in [0.25, 0.3) is 0 Å². The van der Waals surface area contributed by atoms with Crippen molar-refractivity contribution < 1.29 is 49.3 Å². The SMILES string of the molecule is CCCC/C=C\C/C=C\CCCCCCCC(=O)OCCCCCCCCCCCCCCCCC/C=C\C/C=C\CCCCCCCCCCCCCCCCCCCC(=O)NC(COC1OC(CO)C(O)C(O)C1O)C(O)/C=C/CC/C=C/CCCCCCCC. The van der Waals surface area contributed by atoms with Gasteiger partial charge in [-0.25, -0.2) is 0 Å². The summed E-state index contributed by atoms with van der Waals surface area (Å²) in [4.78, 5) is 25.1. The second-order valence-corrected chi connectivity index (χ2v) is 27.4. The lowest BCUT2D eigenvalue weighted by Gasteiger charge is -2.40. The van der Waals surface area contributed by atoms with Crippen molar-refractivity contribution in [3.05, 3.63) is 72.9 Å². The maximum absolute atomic E-state index is 13.1. The first-order valence-electron chi connectivity index (χ1n) is 39.7. The minimum absolute atomic E-state index is 0.000408. The van der Waals surface area contributed by atoms with E-state index in [0.29, 0.717) is 19.4 Å². The van der Waals surface area contributed by atoms with Gasteiger partial charge in [0.2, 0.25) is 5.91 Å². The summed E-state index contributed by atoms with van der Waals surface area (Å²) in [6, 6.07) is -0.826. The normalized spacial score (nSPS) is 17.9. The summed E-state index contributed by atoms with van der Waals surface area (Å²) < 4.78 is 16.7. The third-order valence-electron chi connectivity index (χ3n) is 18.5. The van der Waals surface area contributed by atoms with E-state index in [4.69, 9.17) is 14.2 Å². The van der Waals surface area contributed by atoms with Crippen LogP contribution in [0.1, 0.15) is 373 Å². The number of hydrogen-bond donors (Lipinski definition) is 6. The predicted molar refractivity (Wildman–Crippen MR) is 393 cm³/mol. The molecule has 0 bridgehead atoms. The molecule has 7 unspecified atom stereocenters. The van der Waals surface area contributed by atoms with Crippen molar-refractivity contribution in [3.63, 3.8) is 0 Å². The van der Waals surface area contributed by atoms with Crippen LogP contribution in [0, 0.1) is 0 Å². The van der Waals surface area contributed by atoms with E-state index in [1.807, 2.05) is 6.08 Å². The monoisotopic (exact) mass is 1310 g/mol. The molecule has 1 saturated heterocycles. The Morgan fingerprint density at radius 3 is 1.16 bits per heavy atom. The first-order valence-corrected chi connectivity index (χ1v) is 39.7. The minimum atomic E-state index is -1.58. The summed E-state index contributed by atoms with van der Waals surface area (Å²) >= 11 is 0. The van der Waals surface area contributed by atoms with Crippen molar-refractivity contribution in [1.29, 1.82) is 0 Å². The molecule has 11 nitrogen and oxygen atoms in total. The third kappa shape index (κ3) is 58.9. The molecule has 1 aliphatic rings. The molecule has 0 spiro atoms.